The van der Waals surface area contributed by atoms with Gasteiger partial charge in [0.05, 0.1) is 12.6 Å². The summed E-state index contributed by atoms with van der Waals surface area (Å²) in [5.41, 5.74) is 9.81. The summed E-state index contributed by atoms with van der Waals surface area (Å²) in [5.74, 6) is 1.84. The normalized spacial score (nSPS) is 18.0. The Morgan fingerprint density at radius 1 is 1.29 bits per heavy atom. The Bertz CT molecular complexity index is 639. The van der Waals surface area contributed by atoms with Crippen LogP contribution in [-0.2, 0) is 6.42 Å². The fourth-order valence-corrected chi connectivity index (χ4v) is 2.84. The summed E-state index contributed by atoms with van der Waals surface area (Å²) in [4.78, 5) is 0. The van der Waals surface area contributed by atoms with Crippen molar-refractivity contribution in [1.82, 2.24) is 0 Å². The first-order valence-corrected chi connectivity index (χ1v) is 7.45. The molecule has 3 rings (SSSR count). The minimum absolute atomic E-state index is 0.186. The standard InChI is InChI=1S/C18H21NO2/c1-3-20-17-7-5-4-6-15(17)18(19)13-8-9-16-14(11-13)10-12(2)21-16/h4-9,11-12,18H,3,10,19H2,1-2H3. The van der Waals surface area contributed by atoms with E-state index in [2.05, 4.69) is 13.0 Å². The predicted molar refractivity (Wildman–Crippen MR) is 83.9 cm³/mol. The van der Waals surface area contributed by atoms with Crippen LogP contribution in [0.5, 0.6) is 11.5 Å². The summed E-state index contributed by atoms with van der Waals surface area (Å²) >= 11 is 0. The fourth-order valence-electron chi connectivity index (χ4n) is 2.84. The third kappa shape index (κ3) is 2.74. The summed E-state index contributed by atoms with van der Waals surface area (Å²) in [5, 5.41) is 0. The Kier molecular flexibility index (Phi) is 3.84. The predicted octanol–water partition coefficient (Wildman–Crippen LogP) is 3.46. The number of rotatable bonds is 4. The average Bonchev–Trinajstić information content (AvgIpc) is 2.86. The van der Waals surface area contributed by atoms with Gasteiger partial charge in [-0.3, -0.25) is 0 Å². The molecule has 1 aliphatic rings. The van der Waals surface area contributed by atoms with E-state index >= 15 is 0 Å². The summed E-state index contributed by atoms with van der Waals surface area (Å²) in [6.07, 6.45) is 1.20. The van der Waals surface area contributed by atoms with E-state index in [-0.39, 0.29) is 12.1 Å². The third-order valence-corrected chi connectivity index (χ3v) is 3.83. The summed E-state index contributed by atoms with van der Waals surface area (Å²) in [7, 11) is 0. The van der Waals surface area contributed by atoms with Crippen molar-refractivity contribution >= 4 is 0 Å². The SMILES string of the molecule is CCOc1ccccc1C(N)c1ccc2c(c1)CC(C)O2. The first-order chi connectivity index (χ1) is 10.2. The second-order valence-corrected chi connectivity index (χ2v) is 5.45. The van der Waals surface area contributed by atoms with Gasteiger partial charge in [-0.1, -0.05) is 30.3 Å². The van der Waals surface area contributed by atoms with Crippen LogP contribution >= 0.6 is 0 Å². The van der Waals surface area contributed by atoms with Gasteiger partial charge in [0.15, 0.2) is 0 Å². The zero-order chi connectivity index (χ0) is 14.8. The number of ether oxygens (including phenoxy) is 2. The van der Waals surface area contributed by atoms with E-state index < -0.39 is 0 Å². The van der Waals surface area contributed by atoms with Gasteiger partial charge >= 0.3 is 0 Å². The first kappa shape index (κ1) is 14.0. The maximum absolute atomic E-state index is 6.46. The molecule has 2 aromatic rings. The topological polar surface area (TPSA) is 44.5 Å². The molecule has 0 radical (unpaired) electrons. The minimum atomic E-state index is -0.186. The van der Waals surface area contributed by atoms with Gasteiger partial charge in [-0.15, -0.1) is 0 Å². The van der Waals surface area contributed by atoms with E-state index in [1.807, 2.05) is 43.3 Å². The van der Waals surface area contributed by atoms with Crippen LogP contribution in [0.15, 0.2) is 42.5 Å². The van der Waals surface area contributed by atoms with Gasteiger partial charge in [0, 0.05) is 12.0 Å². The first-order valence-electron chi connectivity index (χ1n) is 7.45. The molecule has 0 spiro atoms. The van der Waals surface area contributed by atoms with Gasteiger partial charge in [0.25, 0.3) is 0 Å². The smallest absolute Gasteiger partial charge is 0.124 e. The van der Waals surface area contributed by atoms with E-state index in [9.17, 15) is 0 Å². The maximum Gasteiger partial charge on any atom is 0.124 e. The molecular formula is C18H21NO2. The minimum Gasteiger partial charge on any atom is -0.494 e. The van der Waals surface area contributed by atoms with Crippen LogP contribution in [0.2, 0.25) is 0 Å². The Hall–Kier alpha value is -2.00. The zero-order valence-corrected chi connectivity index (χ0v) is 12.5. The largest absolute Gasteiger partial charge is 0.494 e. The number of hydrogen-bond acceptors (Lipinski definition) is 3. The molecule has 1 heterocycles. The lowest BCUT2D eigenvalue weighted by Crippen LogP contribution is -2.13. The molecule has 0 fully saturated rings. The molecule has 110 valence electrons. The van der Waals surface area contributed by atoms with Crippen LogP contribution in [0.1, 0.15) is 36.6 Å². The number of benzene rings is 2. The summed E-state index contributed by atoms with van der Waals surface area (Å²) in [6, 6.07) is 14.0. The fraction of sp³-hybridized carbons (Fsp3) is 0.333. The van der Waals surface area contributed by atoms with Crippen LogP contribution in [-0.4, -0.2) is 12.7 Å². The molecule has 3 heteroatoms. The third-order valence-electron chi connectivity index (χ3n) is 3.83. The average molecular weight is 283 g/mol. The molecule has 21 heavy (non-hydrogen) atoms. The van der Waals surface area contributed by atoms with Crippen molar-refractivity contribution in [2.75, 3.05) is 6.61 Å². The van der Waals surface area contributed by atoms with E-state index in [0.29, 0.717) is 6.61 Å². The van der Waals surface area contributed by atoms with Crippen LogP contribution in [0.25, 0.3) is 0 Å². The highest BCUT2D eigenvalue weighted by molar-refractivity contribution is 5.46. The Morgan fingerprint density at radius 3 is 2.90 bits per heavy atom. The molecule has 2 aromatic carbocycles. The molecule has 0 aliphatic carbocycles. The van der Waals surface area contributed by atoms with Crippen molar-refractivity contribution in [3.8, 4) is 11.5 Å². The van der Waals surface area contributed by atoms with Crippen LogP contribution in [0, 0.1) is 0 Å². The van der Waals surface area contributed by atoms with E-state index in [0.717, 1.165) is 29.0 Å². The lowest BCUT2D eigenvalue weighted by molar-refractivity contribution is 0.254. The number of nitrogens with two attached hydrogens (primary N) is 1. The summed E-state index contributed by atoms with van der Waals surface area (Å²) in [6.45, 7) is 4.71. The van der Waals surface area contributed by atoms with Gasteiger partial charge in [0.2, 0.25) is 0 Å². The molecule has 0 saturated carbocycles. The molecule has 2 unspecified atom stereocenters. The Morgan fingerprint density at radius 2 is 2.10 bits per heavy atom. The maximum atomic E-state index is 6.46. The highest BCUT2D eigenvalue weighted by atomic mass is 16.5. The number of fused-ring (bicyclic) bond motifs is 1. The second kappa shape index (κ2) is 5.78. The molecule has 3 nitrogen and oxygen atoms in total. The number of hydrogen-bond donors (Lipinski definition) is 1. The van der Waals surface area contributed by atoms with Gasteiger partial charge in [0.1, 0.15) is 17.6 Å². The molecule has 2 atom stereocenters. The molecule has 0 saturated heterocycles. The lowest BCUT2D eigenvalue weighted by atomic mass is 9.96. The Balaban J connectivity index is 1.92. The van der Waals surface area contributed by atoms with Gasteiger partial charge in [-0.25, -0.2) is 0 Å². The lowest BCUT2D eigenvalue weighted by Gasteiger charge is -2.17. The van der Waals surface area contributed by atoms with Crippen LogP contribution in [0.4, 0.5) is 0 Å². The second-order valence-electron chi connectivity index (χ2n) is 5.45. The van der Waals surface area contributed by atoms with Gasteiger partial charge in [-0.05, 0) is 37.1 Å². The van der Waals surface area contributed by atoms with Crippen molar-refractivity contribution in [2.24, 2.45) is 5.73 Å². The molecular weight excluding hydrogens is 262 g/mol. The van der Waals surface area contributed by atoms with Crippen molar-refractivity contribution in [3.05, 3.63) is 59.2 Å². The molecule has 0 amide bonds. The highest BCUT2D eigenvalue weighted by Gasteiger charge is 2.21. The molecule has 2 N–H and O–H groups in total. The monoisotopic (exact) mass is 283 g/mol. The van der Waals surface area contributed by atoms with E-state index in [4.69, 9.17) is 15.2 Å². The highest BCUT2D eigenvalue weighted by Crippen LogP contribution is 2.34. The summed E-state index contributed by atoms with van der Waals surface area (Å²) < 4.78 is 11.4. The van der Waals surface area contributed by atoms with Gasteiger partial charge in [-0.2, -0.15) is 0 Å². The molecule has 0 aromatic heterocycles. The van der Waals surface area contributed by atoms with Crippen molar-refractivity contribution in [1.29, 1.82) is 0 Å². The van der Waals surface area contributed by atoms with Crippen LogP contribution < -0.4 is 15.2 Å². The quantitative estimate of drug-likeness (QED) is 0.934. The van der Waals surface area contributed by atoms with Crippen molar-refractivity contribution in [2.45, 2.75) is 32.4 Å². The molecule has 1 aliphatic heterocycles. The van der Waals surface area contributed by atoms with Crippen molar-refractivity contribution in [3.63, 3.8) is 0 Å². The zero-order valence-electron chi connectivity index (χ0n) is 12.5. The van der Waals surface area contributed by atoms with Crippen LogP contribution in [0.3, 0.4) is 0 Å². The van der Waals surface area contributed by atoms with Crippen molar-refractivity contribution < 1.29 is 9.47 Å². The van der Waals surface area contributed by atoms with E-state index in [1.54, 1.807) is 0 Å². The Labute approximate surface area is 125 Å². The van der Waals surface area contributed by atoms with E-state index in [1.165, 1.54) is 5.56 Å². The number of para-hydroxylation sites is 1. The van der Waals surface area contributed by atoms with Gasteiger partial charge < -0.3 is 15.2 Å². The molecule has 0 bridgehead atoms.